The van der Waals surface area contributed by atoms with Crippen molar-refractivity contribution in [3.63, 3.8) is 0 Å². The van der Waals surface area contributed by atoms with Gasteiger partial charge in [-0.3, -0.25) is 14.6 Å². The molecule has 2 aliphatic heterocycles. The minimum Gasteiger partial charge on any atom is -0.337 e. The van der Waals surface area contributed by atoms with Crippen molar-refractivity contribution in [3.8, 4) is 11.4 Å². The molecular weight excluding hydrogens is 408 g/mol. The molecule has 0 spiro atoms. The maximum absolute atomic E-state index is 13.0. The molecular formula is C20H15ClN6O3. The van der Waals surface area contributed by atoms with Gasteiger partial charge >= 0.3 is 0 Å². The number of anilines is 1. The van der Waals surface area contributed by atoms with E-state index in [4.69, 9.17) is 16.1 Å². The minimum atomic E-state index is -0.907. The Labute approximate surface area is 175 Å². The van der Waals surface area contributed by atoms with Crippen LogP contribution in [-0.2, 0) is 16.1 Å². The van der Waals surface area contributed by atoms with Crippen LogP contribution >= 0.6 is 11.6 Å². The Hall–Kier alpha value is -3.59. The van der Waals surface area contributed by atoms with Crippen LogP contribution < -0.4 is 4.90 Å². The Morgan fingerprint density at radius 3 is 2.73 bits per heavy atom. The lowest BCUT2D eigenvalue weighted by Crippen LogP contribution is -2.39. The zero-order valence-electron chi connectivity index (χ0n) is 15.8. The molecule has 0 aliphatic carbocycles. The third kappa shape index (κ3) is 2.94. The van der Waals surface area contributed by atoms with Crippen LogP contribution in [0, 0.1) is 6.92 Å². The molecule has 2 amide bonds. The Morgan fingerprint density at radius 2 is 1.93 bits per heavy atom. The number of hydrogen-bond acceptors (Lipinski definition) is 8. The van der Waals surface area contributed by atoms with Crippen LogP contribution in [-0.4, -0.2) is 39.0 Å². The number of nitrogens with zero attached hydrogens (tertiary/aromatic N) is 6. The zero-order valence-corrected chi connectivity index (χ0v) is 16.5. The van der Waals surface area contributed by atoms with E-state index in [9.17, 15) is 9.59 Å². The average Bonchev–Trinajstić information content (AvgIpc) is 3.41. The van der Waals surface area contributed by atoms with Crippen LogP contribution in [0.2, 0.25) is 5.02 Å². The fourth-order valence-electron chi connectivity index (χ4n) is 3.61. The smallest absolute Gasteiger partial charge is 0.263 e. The van der Waals surface area contributed by atoms with Crippen molar-refractivity contribution in [3.05, 3.63) is 65.0 Å². The summed E-state index contributed by atoms with van der Waals surface area (Å²) >= 11 is 6.01. The SMILES string of the molecule is Cc1ccccc1-c1noc(CN2N=N[C@H]3C(=O)N(c4cccc(Cl)c4)C(=O)[C@@H]32)n1. The highest BCUT2D eigenvalue weighted by Crippen LogP contribution is 2.33. The van der Waals surface area contributed by atoms with E-state index >= 15 is 0 Å². The Morgan fingerprint density at radius 1 is 1.10 bits per heavy atom. The molecule has 0 unspecified atom stereocenters. The molecule has 30 heavy (non-hydrogen) atoms. The summed E-state index contributed by atoms with van der Waals surface area (Å²) in [5.74, 6) is -0.139. The molecule has 150 valence electrons. The number of halogens is 1. The number of carbonyl (C=O) groups is 2. The van der Waals surface area contributed by atoms with E-state index < -0.39 is 23.9 Å². The summed E-state index contributed by atoms with van der Waals surface area (Å²) in [7, 11) is 0. The van der Waals surface area contributed by atoms with Gasteiger partial charge in [-0.15, -0.1) is 0 Å². The first kappa shape index (κ1) is 18.4. The fraction of sp³-hybridized carbons (Fsp3) is 0.200. The number of aromatic nitrogens is 2. The number of aryl methyl sites for hydroxylation is 1. The van der Waals surface area contributed by atoms with E-state index in [0.29, 0.717) is 16.5 Å². The molecule has 2 aromatic carbocycles. The predicted octanol–water partition coefficient (Wildman–Crippen LogP) is 3.19. The number of hydrogen-bond donors (Lipinski definition) is 0. The maximum atomic E-state index is 13.0. The number of amides is 2. The van der Waals surface area contributed by atoms with Gasteiger partial charge in [0.1, 0.15) is 6.54 Å². The minimum absolute atomic E-state index is 0.0615. The highest BCUT2D eigenvalue weighted by molar-refractivity contribution is 6.31. The van der Waals surface area contributed by atoms with Gasteiger partial charge in [0.05, 0.1) is 5.69 Å². The molecule has 0 radical (unpaired) electrons. The lowest BCUT2D eigenvalue weighted by atomic mass is 10.1. The van der Waals surface area contributed by atoms with Gasteiger partial charge in [0.2, 0.25) is 11.7 Å². The summed E-state index contributed by atoms with van der Waals surface area (Å²) in [5.41, 5.74) is 2.27. The molecule has 10 heteroatoms. The van der Waals surface area contributed by atoms with Gasteiger partial charge in [0.15, 0.2) is 12.1 Å². The van der Waals surface area contributed by atoms with Crippen molar-refractivity contribution >= 4 is 29.1 Å². The van der Waals surface area contributed by atoms with Gasteiger partial charge in [0, 0.05) is 10.6 Å². The van der Waals surface area contributed by atoms with E-state index in [2.05, 4.69) is 20.5 Å². The molecule has 1 saturated heterocycles. The van der Waals surface area contributed by atoms with E-state index in [1.807, 2.05) is 31.2 Å². The summed E-state index contributed by atoms with van der Waals surface area (Å²) in [6.45, 7) is 2.02. The topological polar surface area (TPSA) is 104 Å². The van der Waals surface area contributed by atoms with Crippen LogP contribution in [0.3, 0.4) is 0 Å². The predicted molar refractivity (Wildman–Crippen MR) is 106 cm³/mol. The number of imide groups is 1. The van der Waals surface area contributed by atoms with Crippen LogP contribution in [0.5, 0.6) is 0 Å². The Balaban J connectivity index is 1.38. The van der Waals surface area contributed by atoms with E-state index in [-0.39, 0.29) is 12.4 Å². The summed E-state index contributed by atoms with van der Waals surface area (Å²) in [6.07, 6.45) is 0. The zero-order chi connectivity index (χ0) is 20.8. The third-order valence-electron chi connectivity index (χ3n) is 5.08. The molecule has 5 rings (SSSR count). The normalized spacial score (nSPS) is 20.3. The number of rotatable bonds is 4. The third-order valence-corrected chi connectivity index (χ3v) is 5.31. The Kier molecular flexibility index (Phi) is 4.32. The van der Waals surface area contributed by atoms with Crippen LogP contribution in [0.1, 0.15) is 11.5 Å². The highest BCUT2D eigenvalue weighted by Gasteiger charge is 2.55. The molecule has 3 aromatic rings. The molecule has 9 nitrogen and oxygen atoms in total. The van der Waals surface area contributed by atoms with Crippen molar-refractivity contribution in [1.82, 2.24) is 15.1 Å². The van der Waals surface area contributed by atoms with E-state index in [1.165, 1.54) is 5.01 Å². The van der Waals surface area contributed by atoms with Gasteiger partial charge in [-0.2, -0.15) is 10.1 Å². The molecule has 0 saturated carbocycles. The standard InChI is InChI=1S/C20H15ClN6O3/c1-11-5-2-3-8-14(11)18-22-15(30-24-18)10-26-17-16(23-25-26)19(28)27(20(17)29)13-7-4-6-12(21)9-13/h2-9,16-17H,10H2,1H3/t16-,17-/m1/s1. The lowest BCUT2D eigenvalue weighted by Gasteiger charge is -2.19. The number of carbonyl (C=O) groups excluding carboxylic acids is 2. The first-order chi connectivity index (χ1) is 14.5. The van der Waals surface area contributed by atoms with Crippen molar-refractivity contribution in [2.75, 3.05) is 4.90 Å². The first-order valence-electron chi connectivity index (χ1n) is 9.22. The molecule has 0 bridgehead atoms. The van der Waals surface area contributed by atoms with Crippen LogP contribution in [0.15, 0.2) is 63.4 Å². The first-order valence-corrected chi connectivity index (χ1v) is 9.60. The number of fused-ring (bicyclic) bond motifs is 1. The van der Waals surface area contributed by atoms with Gasteiger partial charge < -0.3 is 4.52 Å². The summed E-state index contributed by atoms with van der Waals surface area (Å²) in [6, 6.07) is 12.5. The Bertz CT molecular complexity index is 1190. The van der Waals surface area contributed by atoms with Crippen LogP contribution in [0.4, 0.5) is 5.69 Å². The fourth-order valence-corrected chi connectivity index (χ4v) is 3.80. The van der Waals surface area contributed by atoms with Crippen molar-refractivity contribution in [2.24, 2.45) is 10.3 Å². The van der Waals surface area contributed by atoms with E-state index in [1.54, 1.807) is 24.3 Å². The van der Waals surface area contributed by atoms with Gasteiger partial charge in [-0.05, 0) is 30.7 Å². The number of benzene rings is 2. The molecule has 1 fully saturated rings. The van der Waals surface area contributed by atoms with Crippen molar-refractivity contribution < 1.29 is 14.1 Å². The summed E-state index contributed by atoms with van der Waals surface area (Å²) < 4.78 is 5.34. The molecule has 1 aromatic heterocycles. The molecule has 3 heterocycles. The second-order valence-electron chi connectivity index (χ2n) is 7.01. The van der Waals surface area contributed by atoms with Gasteiger partial charge in [-0.25, -0.2) is 4.90 Å². The second-order valence-corrected chi connectivity index (χ2v) is 7.45. The molecule has 0 N–H and O–H groups in total. The summed E-state index contributed by atoms with van der Waals surface area (Å²) in [5, 5.41) is 13.9. The van der Waals surface area contributed by atoms with Gasteiger partial charge in [-0.1, -0.05) is 52.3 Å². The van der Waals surface area contributed by atoms with Crippen LogP contribution in [0.25, 0.3) is 11.4 Å². The monoisotopic (exact) mass is 422 g/mol. The highest BCUT2D eigenvalue weighted by atomic mass is 35.5. The second kappa shape index (κ2) is 7.03. The van der Waals surface area contributed by atoms with E-state index in [0.717, 1.165) is 16.0 Å². The lowest BCUT2D eigenvalue weighted by molar-refractivity contribution is -0.123. The van der Waals surface area contributed by atoms with Crippen molar-refractivity contribution in [1.29, 1.82) is 0 Å². The maximum Gasteiger partial charge on any atom is 0.263 e. The van der Waals surface area contributed by atoms with Crippen molar-refractivity contribution in [2.45, 2.75) is 25.6 Å². The summed E-state index contributed by atoms with van der Waals surface area (Å²) in [4.78, 5) is 31.3. The molecule has 2 atom stereocenters. The average molecular weight is 423 g/mol. The quantitative estimate of drug-likeness (QED) is 0.598. The largest absolute Gasteiger partial charge is 0.337 e. The van der Waals surface area contributed by atoms with Gasteiger partial charge in [0.25, 0.3) is 11.8 Å². The molecule has 2 aliphatic rings.